The van der Waals surface area contributed by atoms with E-state index in [1.807, 2.05) is 13.8 Å². The lowest BCUT2D eigenvalue weighted by atomic mass is 9.94. The van der Waals surface area contributed by atoms with Crippen LogP contribution in [0.25, 0.3) is 0 Å². The highest BCUT2D eigenvalue weighted by atomic mass is 16.6. The second-order valence-electron chi connectivity index (χ2n) is 9.67. The van der Waals surface area contributed by atoms with Crippen molar-refractivity contribution in [3.05, 3.63) is 0 Å². The van der Waals surface area contributed by atoms with Crippen molar-refractivity contribution in [3.63, 3.8) is 0 Å². The van der Waals surface area contributed by atoms with Crippen LogP contribution in [0.15, 0.2) is 0 Å². The number of rotatable bonds is 6. The highest BCUT2D eigenvalue weighted by Crippen LogP contribution is 2.64. The maximum absolute atomic E-state index is 13.0. The summed E-state index contributed by atoms with van der Waals surface area (Å²) in [6, 6.07) is -0.790. The summed E-state index contributed by atoms with van der Waals surface area (Å²) in [6.07, 6.45) is 4.49. The Balaban J connectivity index is 1.70. The summed E-state index contributed by atoms with van der Waals surface area (Å²) < 4.78 is 5.42. The average Bonchev–Trinajstić information content (AvgIpc) is 2.99. The Morgan fingerprint density at radius 2 is 1.82 bits per heavy atom. The van der Waals surface area contributed by atoms with Gasteiger partial charge in [0.1, 0.15) is 12.6 Å². The normalized spacial score (nSPS) is 28.8. The first-order valence-corrected chi connectivity index (χ1v) is 10.6. The second-order valence-corrected chi connectivity index (χ2v) is 9.67. The summed E-state index contributed by atoms with van der Waals surface area (Å²) in [5, 5.41) is 9.70. The maximum atomic E-state index is 13.0. The van der Waals surface area contributed by atoms with E-state index >= 15 is 0 Å². The van der Waals surface area contributed by atoms with Crippen LogP contribution in [0.1, 0.15) is 59.8 Å². The number of nitrogens with zero attached hydrogens (tertiary/aromatic N) is 2. The molecule has 0 aromatic rings. The third-order valence-corrected chi connectivity index (χ3v) is 6.88. The van der Waals surface area contributed by atoms with Gasteiger partial charge in [-0.1, -0.05) is 47.0 Å². The van der Waals surface area contributed by atoms with E-state index in [1.165, 1.54) is 4.90 Å². The van der Waals surface area contributed by atoms with Gasteiger partial charge in [-0.3, -0.25) is 9.69 Å². The minimum atomic E-state index is -0.946. The summed E-state index contributed by atoms with van der Waals surface area (Å²) >= 11 is 0. The third-order valence-electron chi connectivity index (χ3n) is 6.88. The molecule has 158 valence electrons. The highest BCUT2D eigenvalue weighted by molar-refractivity contribution is 5.88. The lowest BCUT2D eigenvalue weighted by Gasteiger charge is -2.35. The maximum Gasteiger partial charge on any atom is 0.410 e. The Hall–Kier alpha value is -1.79. The molecular weight excluding hydrogens is 360 g/mol. The molecule has 1 aliphatic heterocycles. The van der Waals surface area contributed by atoms with E-state index < -0.39 is 18.1 Å². The fraction of sp³-hybridized carbons (Fsp3) is 0.857. The molecule has 3 fully saturated rings. The van der Waals surface area contributed by atoms with Crippen LogP contribution in [0.5, 0.6) is 0 Å². The molecule has 3 atom stereocenters. The zero-order valence-electron chi connectivity index (χ0n) is 17.5. The molecule has 2 amide bonds. The van der Waals surface area contributed by atoms with Crippen molar-refractivity contribution in [1.82, 2.24) is 9.80 Å². The van der Waals surface area contributed by atoms with E-state index in [9.17, 15) is 19.5 Å². The van der Waals surface area contributed by atoms with Crippen LogP contribution >= 0.6 is 0 Å². The van der Waals surface area contributed by atoms with Crippen molar-refractivity contribution >= 4 is 18.0 Å². The molecule has 2 saturated carbocycles. The molecule has 3 aliphatic rings. The van der Waals surface area contributed by atoms with Gasteiger partial charge in [-0.15, -0.1) is 0 Å². The summed E-state index contributed by atoms with van der Waals surface area (Å²) in [5.74, 6) is -0.767. The largest absolute Gasteiger partial charge is 0.480 e. The van der Waals surface area contributed by atoms with Crippen LogP contribution in [0, 0.1) is 23.2 Å². The monoisotopic (exact) mass is 394 g/mol. The number of carbonyl (C=O) groups is 3. The molecule has 0 aromatic heterocycles. The smallest absolute Gasteiger partial charge is 0.410 e. The topological polar surface area (TPSA) is 87.2 Å². The van der Waals surface area contributed by atoms with Gasteiger partial charge in [0.25, 0.3) is 0 Å². The molecule has 1 saturated heterocycles. The molecule has 7 nitrogen and oxygen atoms in total. The van der Waals surface area contributed by atoms with Gasteiger partial charge in [-0.05, 0) is 30.1 Å². The van der Waals surface area contributed by atoms with Gasteiger partial charge >= 0.3 is 12.1 Å². The average molecular weight is 395 g/mol. The van der Waals surface area contributed by atoms with Crippen LogP contribution in [-0.4, -0.2) is 64.7 Å². The van der Waals surface area contributed by atoms with Crippen molar-refractivity contribution in [2.45, 2.75) is 71.9 Å². The highest BCUT2D eigenvalue weighted by Gasteiger charge is 2.69. The van der Waals surface area contributed by atoms with Crippen molar-refractivity contribution in [3.8, 4) is 0 Å². The van der Waals surface area contributed by atoms with Crippen LogP contribution < -0.4 is 0 Å². The number of ether oxygens (including phenoxy) is 1. The molecule has 2 aliphatic carbocycles. The number of piperidine rings is 1. The van der Waals surface area contributed by atoms with Gasteiger partial charge in [0.05, 0.1) is 6.61 Å². The molecular formula is C21H34N2O5. The van der Waals surface area contributed by atoms with Crippen LogP contribution in [0.3, 0.4) is 0 Å². The Labute approximate surface area is 167 Å². The minimum Gasteiger partial charge on any atom is -0.480 e. The van der Waals surface area contributed by atoms with Gasteiger partial charge < -0.3 is 14.7 Å². The lowest BCUT2D eigenvalue weighted by Crippen LogP contribution is -2.52. The van der Waals surface area contributed by atoms with Gasteiger partial charge in [0.2, 0.25) is 5.91 Å². The summed E-state index contributed by atoms with van der Waals surface area (Å²) in [7, 11) is 0. The molecule has 3 rings (SSSR count). The Kier molecular flexibility index (Phi) is 5.92. The molecule has 28 heavy (non-hydrogen) atoms. The predicted molar refractivity (Wildman–Crippen MR) is 104 cm³/mol. The first-order chi connectivity index (χ1) is 13.1. The summed E-state index contributed by atoms with van der Waals surface area (Å²) in [6.45, 7) is 8.77. The van der Waals surface area contributed by atoms with Crippen molar-refractivity contribution in [1.29, 1.82) is 0 Å². The number of fused-ring (bicyclic) bond motifs is 1. The number of carboxylic acids is 1. The number of carboxylic acid groups (broad SMARTS) is 1. The Morgan fingerprint density at radius 3 is 2.39 bits per heavy atom. The molecule has 1 N–H and O–H groups in total. The van der Waals surface area contributed by atoms with E-state index in [2.05, 4.69) is 13.8 Å². The number of carbonyl (C=O) groups excluding carboxylic acids is 2. The fourth-order valence-corrected chi connectivity index (χ4v) is 5.12. The van der Waals surface area contributed by atoms with Crippen LogP contribution in [0.4, 0.5) is 4.79 Å². The summed E-state index contributed by atoms with van der Waals surface area (Å²) in [4.78, 5) is 40.6. The molecule has 7 heteroatoms. The lowest BCUT2D eigenvalue weighted by molar-refractivity contribution is -0.150. The van der Waals surface area contributed by atoms with E-state index in [-0.39, 0.29) is 41.7 Å². The second kappa shape index (κ2) is 7.91. The molecule has 3 unspecified atom stereocenters. The minimum absolute atomic E-state index is 0.00460. The number of amides is 2. The number of hydrogen-bond acceptors (Lipinski definition) is 4. The van der Waals surface area contributed by atoms with Crippen molar-refractivity contribution in [2.24, 2.45) is 23.2 Å². The van der Waals surface area contributed by atoms with E-state index in [4.69, 9.17) is 4.74 Å². The molecule has 0 spiro atoms. The Bertz CT molecular complexity index is 626. The zero-order chi connectivity index (χ0) is 20.6. The van der Waals surface area contributed by atoms with Gasteiger partial charge in [-0.25, -0.2) is 9.59 Å². The molecule has 1 heterocycles. The van der Waals surface area contributed by atoms with Crippen LogP contribution in [0.2, 0.25) is 0 Å². The van der Waals surface area contributed by atoms with E-state index in [1.54, 1.807) is 4.90 Å². The van der Waals surface area contributed by atoms with Crippen LogP contribution in [-0.2, 0) is 14.3 Å². The van der Waals surface area contributed by atoms with Gasteiger partial charge in [0, 0.05) is 18.5 Å². The number of likely N-dealkylation sites (tertiary alicyclic amines) is 1. The van der Waals surface area contributed by atoms with E-state index in [0.29, 0.717) is 13.2 Å². The van der Waals surface area contributed by atoms with Gasteiger partial charge in [0.15, 0.2) is 0 Å². The molecule has 0 aromatic carbocycles. The Morgan fingerprint density at radius 1 is 1.18 bits per heavy atom. The zero-order valence-corrected chi connectivity index (χ0v) is 17.5. The summed E-state index contributed by atoms with van der Waals surface area (Å²) in [5.41, 5.74) is -0.0287. The standard InChI is InChI=1S/C21H34N2O5/c1-13(2)12-28-20(27)22(14-8-6-5-7-9-14)11-16(24)23-10-15-17(21(15,3)4)18(23)19(25)26/h13-15,17-18H,5-12H2,1-4H3,(H,25,26). The molecule has 0 bridgehead atoms. The predicted octanol–water partition coefficient (Wildman–Crippen LogP) is 2.98. The van der Waals surface area contributed by atoms with Crippen molar-refractivity contribution in [2.75, 3.05) is 19.7 Å². The van der Waals surface area contributed by atoms with Crippen molar-refractivity contribution < 1.29 is 24.2 Å². The first kappa shape index (κ1) is 20.9. The molecule has 0 radical (unpaired) electrons. The van der Waals surface area contributed by atoms with E-state index in [0.717, 1.165) is 32.1 Å². The quantitative estimate of drug-likeness (QED) is 0.748. The first-order valence-electron chi connectivity index (χ1n) is 10.6. The fourth-order valence-electron chi connectivity index (χ4n) is 5.12. The SMILES string of the molecule is CC(C)COC(=O)N(CC(=O)N1CC2C(C1C(=O)O)C2(C)C)C1CCCCC1. The van der Waals surface area contributed by atoms with Gasteiger partial charge in [-0.2, -0.15) is 0 Å². The number of hydrogen-bond donors (Lipinski definition) is 1. The number of aliphatic carboxylic acids is 1. The third kappa shape index (κ3) is 3.98.